The lowest BCUT2D eigenvalue weighted by Gasteiger charge is -1.81. The number of benzene rings is 2. The van der Waals surface area contributed by atoms with Crippen molar-refractivity contribution in [3.63, 3.8) is 0 Å². The monoisotopic (exact) mass is 560 g/mol. The van der Waals surface area contributed by atoms with Gasteiger partial charge in [0.15, 0.2) is 0 Å². The fraction of sp³-hybridized carbons (Fsp3) is 0.514. The van der Waals surface area contributed by atoms with Crippen molar-refractivity contribution in [3.05, 3.63) is 95.9 Å². The summed E-state index contributed by atoms with van der Waals surface area (Å²) in [6.07, 6.45) is 1.70. The molecular weight excluding hydrogens is 492 g/mol. The lowest BCUT2D eigenvalue weighted by Crippen LogP contribution is -1.66. The minimum Gasteiger partial charge on any atom is -0.464 e. The van der Waals surface area contributed by atoms with Crippen LogP contribution >= 0.6 is 11.3 Å². The van der Waals surface area contributed by atoms with Crippen molar-refractivity contribution < 1.29 is 4.42 Å². The summed E-state index contributed by atoms with van der Waals surface area (Å²) in [6, 6.07) is 25.9. The molecule has 39 heavy (non-hydrogen) atoms. The van der Waals surface area contributed by atoms with Crippen molar-refractivity contribution in [2.45, 2.75) is 111 Å². The predicted molar refractivity (Wildman–Crippen MR) is 189 cm³/mol. The van der Waals surface area contributed by atoms with Gasteiger partial charge in [-0.1, -0.05) is 178 Å². The highest BCUT2D eigenvalue weighted by Crippen LogP contribution is 2.12. The zero-order chi connectivity index (χ0) is 30.6. The van der Waals surface area contributed by atoms with Gasteiger partial charge in [-0.15, -0.1) is 0 Å². The second kappa shape index (κ2) is 45.6. The zero-order valence-electron chi connectivity index (χ0n) is 27.8. The number of rotatable bonds is 0. The van der Waals surface area contributed by atoms with E-state index in [0.717, 1.165) is 28.7 Å². The van der Waals surface area contributed by atoms with Crippen LogP contribution in [0.2, 0.25) is 0 Å². The number of thiophene rings is 1. The minimum atomic E-state index is 0. The van der Waals surface area contributed by atoms with E-state index in [4.69, 9.17) is 4.42 Å². The van der Waals surface area contributed by atoms with E-state index in [9.17, 15) is 0 Å². The van der Waals surface area contributed by atoms with E-state index in [2.05, 4.69) is 62.3 Å². The number of hydrogen-bond acceptors (Lipinski definition) is 2. The third-order valence-corrected chi connectivity index (χ3v) is 3.08. The topological polar surface area (TPSA) is 13.1 Å². The summed E-state index contributed by atoms with van der Waals surface area (Å²) in [4.78, 5) is 0. The highest BCUT2D eigenvalue weighted by atomic mass is 32.1. The summed E-state index contributed by atoms with van der Waals surface area (Å²) in [5.41, 5.74) is 0.956. The average molecular weight is 561 g/mol. The van der Waals surface area contributed by atoms with E-state index in [-0.39, 0.29) is 7.43 Å². The van der Waals surface area contributed by atoms with Crippen LogP contribution in [0, 0.1) is 17.8 Å². The van der Waals surface area contributed by atoms with Gasteiger partial charge in [0, 0.05) is 5.39 Å². The van der Waals surface area contributed by atoms with Crippen LogP contribution in [0.5, 0.6) is 0 Å². The van der Waals surface area contributed by atoms with Gasteiger partial charge >= 0.3 is 0 Å². The van der Waals surface area contributed by atoms with Crippen LogP contribution in [0.15, 0.2) is 100 Å². The van der Waals surface area contributed by atoms with Crippen LogP contribution < -0.4 is 0 Å². The van der Waals surface area contributed by atoms with Crippen molar-refractivity contribution in [3.8, 4) is 0 Å². The molecule has 0 aliphatic carbocycles. The first-order chi connectivity index (χ1) is 18.2. The quantitative estimate of drug-likeness (QED) is 0.208. The Bertz CT molecular complexity index is 703. The number of hydrogen-bond donors (Lipinski definition) is 0. The SMILES string of the molecule is C.CC.CC.CC.CC(C)C.CC(C)C.CC(C)C.c1ccc2occc2c1.c1ccccc1.c1ccsc1. The van der Waals surface area contributed by atoms with E-state index in [1.54, 1.807) is 17.6 Å². The Kier molecular flexibility index (Phi) is 58.0. The molecule has 0 aliphatic rings. The van der Waals surface area contributed by atoms with E-state index < -0.39 is 0 Å². The first-order valence-electron chi connectivity index (χ1n) is 14.6. The summed E-state index contributed by atoms with van der Waals surface area (Å²) in [7, 11) is 0. The molecular formula is C37H68OS. The maximum atomic E-state index is 5.12. The van der Waals surface area contributed by atoms with Gasteiger partial charge in [0.1, 0.15) is 5.58 Å². The molecule has 0 fully saturated rings. The first kappa shape index (κ1) is 49.6. The lowest BCUT2D eigenvalue weighted by atomic mass is 10.3. The fourth-order valence-electron chi connectivity index (χ4n) is 1.52. The summed E-state index contributed by atoms with van der Waals surface area (Å²) in [5.74, 6) is 2.50. The molecule has 0 amide bonds. The molecule has 228 valence electrons. The molecule has 0 radical (unpaired) electrons. The average Bonchev–Trinajstić information content (AvgIpc) is 3.64. The maximum Gasteiger partial charge on any atom is 0.133 e. The third-order valence-electron chi connectivity index (χ3n) is 2.45. The van der Waals surface area contributed by atoms with Crippen LogP contribution in [0.3, 0.4) is 0 Å². The fourth-order valence-corrected chi connectivity index (χ4v) is 1.97. The van der Waals surface area contributed by atoms with Gasteiger partial charge < -0.3 is 4.42 Å². The molecule has 0 atom stereocenters. The smallest absolute Gasteiger partial charge is 0.133 e. The molecule has 2 aromatic heterocycles. The Morgan fingerprint density at radius 2 is 0.769 bits per heavy atom. The Morgan fingerprint density at radius 3 is 1.03 bits per heavy atom. The number of furan rings is 1. The predicted octanol–water partition coefficient (Wildman–Crippen LogP) is 14.6. The van der Waals surface area contributed by atoms with E-state index in [0.29, 0.717) is 0 Å². The molecule has 1 nitrogen and oxygen atoms in total. The Hall–Kier alpha value is -2.32. The third kappa shape index (κ3) is 61.4. The van der Waals surface area contributed by atoms with Gasteiger partial charge in [-0.3, -0.25) is 0 Å². The molecule has 0 saturated carbocycles. The second-order valence-electron chi connectivity index (χ2n) is 9.10. The minimum absolute atomic E-state index is 0. The van der Waals surface area contributed by atoms with Crippen LogP contribution in [0.4, 0.5) is 0 Å². The highest BCUT2D eigenvalue weighted by Gasteiger charge is 1.89. The number of para-hydroxylation sites is 1. The van der Waals surface area contributed by atoms with Crippen molar-refractivity contribution in [1.82, 2.24) is 0 Å². The van der Waals surface area contributed by atoms with Gasteiger partial charge in [-0.25, -0.2) is 0 Å². The number of fused-ring (bicyclic) bond motifs is 1. The molecule has 0 aliphatic heterocycles. The van der Waals surface area contributed by atoms with Crippen LogP contribution in [-0.4, -0.2) is 0 Å². The molecule has 2 aromatic carbocycles. The van der Waals surface area contributed by atoms with Gasteiger partial charge in [0.2, 0.25) is 0 Å². The molecule has 0 unspecified atom stereocenters. The molecule has 2 heterocycles. The molecule has 2 heteroatoms. The van der Waals surface area contributed by atoms with E-state index in [1.165, 1.54) is 0 Å². The van der Waals surface area contributed by atoms with Crippen LogP contribution in [-0.2, 0) is 0 Å². The van der Waals surface area contributed by atoms with Crippen molar-refractivity contribution >= 4 is 22.3 Å². The van der Waals surface area contributed by atoms with Crippen molar-refractivity contribution in [2.24, 2.45) is 17.8 Å². The normalized spacial score (nSPS) is 7.85. The molecule has 0 saturated heterocycles. The lowest BCUT2D eigenvalue weighted by molar-refractivity contribution is 0.616. The summed E-state index contributed by atoms with van der Waals surface area (Å²) >= 11 is 1.71. The molecule has 4 aromatic rings. The Morgan fingerprint density at radius 1 is 0.462 bits per heavy atom. The molecule has 0 spiro atoms. The Balaban J connectivity index is -0.0000000825. The summed E-state index contributed by atoms with van der Waals surface area (Å²) in [5, 5.41) is 5.25. The van der Waals surface area contributed by atoms with Gasteiger partial charge in [-0.05, 0) is 40.6 Å². The Labute approximate surface area is 251 Å². The van der Waals surface area contributed by atoms with Crippen molar-refractivity contribution in [1.29, 1.82) is 0 Å². The van der Waals surface area contributed by atoms with E-state index >= 15 is 0 Å². The second-order valence-corrected chi connectivity index (χ2v) is 9.92. The van der Waals surface area contributed by atoms with Crippen LogP contribution in [0.1, 0.15) is 111 Å². The maximum absolute atomic E-state index is 5.12. The summed E-state index contributed by atoms with van der Waals surface area (Å²) < 4.78 is 5.12. The highest BCUT2D eigenvalue weighted by molar-refractivity contribution is 7.07. The largest absolute Gasteiger partial charge is 0.464 e. The van der Waals surface area contributed by atoms with Gasteiger partial charge in [-0.2, -0.15) is 11.3 Å². The van der Waals surface area contributed by atoms with Gasteiger partial charge in [0.25, 0.3) is 0 Å². The zero-order valence-corrected chi connectivity index (χ0v) is 28.6. The van der Waals surface area contributed by atoms with Crippen LogP contribution in [0.25, 0.3) is 11.0 Å². The van der Waals surface area contributed by atoms with Gasteiger partial charge in [0.05, 0.1) is 6.26 Å². The standard InChI is InChI=1S/C8H6O.C6H6.C4H4S.3C4H10.3C2H6.CH4/c1-2-4-8-7(3-1)5-6-9-8;1-2-4-6-5-3-1;1-2-4-5-3-1;3*1-4(2)3;3*1-2;/h1-6H;1-6H;1-4H;3*4H,1-3H3;3*1-2H3;1H4. The molecule has 0 bridgehead atoms. The van der Waals surface area contributed by atoms with E-state index in [1.807, 2.05) is 131 Å². The van der Waals surface area contributed by atoms with Crippen molar-refractivity contribution in [2.75, 3.05) is 0 Å². The molecule has 4 rings (SSSR count). The summed E-state index contributed by atoms with van der Waals surface area (Å²) in [6.45, 7) is 31.5. The first-order valence-corrected chi connectivity index (χ1v) is 15.5. The molecule has 0 N–H and O–H groups in total.